The average molecular weight is 452 g/mol. The predicted octanol–water partition coefficient (Wildman–Crippen LogP) is 3.13. The molecule has 0 atom stereocenters. The first-order valence-electron chi connectivity index (χ1n) is 8.11. The first-order chi connectivity index (χ1) is 12.1. The zero-order valence-electron chi connectivity index (χ0n) is 14.0. The van der Waals surface area contributed by atoms with Gasteiger partial charge < -0.3 is 15.4 Å². The maximum absolute atomic E-state index is 12.1. The van der Waals surface area contributed by atoms with Crippen LogP contribution in [0.15, 0.2) is 48.5 Å². The summed E-state index contributed by atoms with van der Waals surface area (Å²) in [6, 6.07) is 14.8. The van der Waals surface area contributed by atoms with E-state index in [1.807, 2.05) is 36.4 Å². The van der Waals surface area contributed by atoms with Crippen molar-refractivity contribution in [2.24, 2.45) is 0 Å². The van der Waals surface area contributed by atoms with Crippen molar-refractivity contribution < 1.29 is 14.3 Å². The molecule has 132 valence electrons. The second kappa shape index (κ2) is 10.0. The van der Waals surface area contributed by atoms with Crippen LogP contribution in [-0.2, 0) is 11.3 Å². The van der Waals surface area contributed by atoms with Crippen LogP contribution < -0.4 is 15.4 Å². The molecule has 0 radical (unpaired) electrons. The molecule has 0 heterocycles. The fourth-order valence-corrected chi connectivity index (χ4v) is 2.72. The van der Waals surface area contributed by atoms with Crippen molar-refractivity contribution >= 4 is 34.4 Å². The Morgan fingerprint density at radius 2 is 1.76 bits per heavy atom. The van der Waals surface area contributed by atoms with E-state index in [0.717, 1.165) is 21.3 Å². The lowest BCUT2D eigenvalue weighted by Gasteiger charge is -2.09. The van der Waals surface area contributed by atoms with Gasteiger partial charge in [0.25, 0.3) is 5.91 Å². The number of carbonyl (C=O) groups excluding carboxylic acids is 2. The summed E-state index contributed by atoms with van der Waals surface area (Å²) in [6.07, 6.45) is 0.964. The number of halogens is 1. The monoisotopic (exact) mass is 452 g/mol. The molecule has 0 saturated heterocycles. The van der Waals surface area contributed by atoms with Crippen molar-refractivity contribution in [2.45, 2.75) is 19.9 Å². The van der Waals surface area contributed by atoms with Gasteiger partial charge in [0.2, 0.25) is 5.91 Å². The third-order valence-corrected chi connectivity index (χ3v) is 4.35. The van der Waals surface area contributed by atoms with Gasteiger partial charge in [-0.15, -0.1) is 0 Å². The van der Waals surface area contributed by atoms with Crippen LogP contribution in [0, 0.1) is 3.57 Å². The smallest absolute Gasteiger partial charge is 0.252 e. The summed E-state index contributed by atoms with van der Waals surface area (Å²) in [6.45, 7) is 3.10. The van der Waals surface area contributed by atoms with Crippen LogP contribution in [0.25, 0.3) is 0 Å². The molecule has 0 aliphatic heterocycles. The standard InChI is InChI=1S/C19H21IN2O3/c1-2-11-25-15-9-7-14(8-10-15)12-21-18(23)13-22-19(24)16-5-3-4-6-17(16)20/h3-10H,2,11-13H2,1H3,(H,21,23)(H,22,24). The van der Waals surface area contributed by atoms with E-state index in [1.54, 1.807) is 12.1 Å². The van der Waals surface area contributed by atoms with Gasteiger partial charge in [0.1, 0.15) is 5.75 Å². The van der Waals surface area contributed by atoms with Gasteiger partial charge in [-0.25, -0.2) is 0 Å². The third-order valence-electron chi connectivity index (χ3n) is 3.41. The van der Waals surface area contributed by atoms with Crippen LogP contribution in [-0.4, -0.2) is 25.0 Å². The number of rotatable bonds is 8. The zero-order chi connectivity index (χ0) is 18.1. The summed E-state index contributed by atoms with van der Waals surface area (Å²) >= 11 is 2.10. The van der Waals surface area contributed by atoms with Crippen LogP contribution in [0.3, 0.4) is 0 Å². The lowest BCUT2D eigenvalue weighted by molar-refractivity contribution is -0.120. The maximum Gasteiger partial charge on any atom is 0.252 e. The summed E-state index contributed by atoms with van der Waals surface area (Å²) in [5, 5.41) is 5.42. The summed E-state index contributed by atoms with van der Waals surface area (Å²) in [7, 11) is 0. The second-order valence-electron chi connectivity index (χ2n) is 5.43. The quantitative estimate of drug-likeness (QED) is 0.605. The van der Waals surface area contributed by atoms with Crippen molar-refractivity contribution in [3.63, 3.8) is 0 Å². The van der Waals surface area contributed by atoms with Gasteiger partial charge in [0.05, 0.1) is 18.7 Å². The molecular formula is C19H21IN2O3. The van der Waals surface area contributed by atoms with Crippen molar-refractivity contribution in [3.05, 3.63) is 63.2 Å². The number of carbonyl (C=O) groups is 2. The fraction of sp³-hybridized carbons (Fsp3) is 0.263. The van der Waals surface area contributed by atoms with Gasteiger partial charge >= 0.3 is 0 Å². The Morgan fingerprint density at radius 3 is 2.44 bits per heavy atom. The van der Waals surface area contributed by atoms with Crippen LogP contribution in [0.2, 0.25) is 0 Å². The van der Waals surface area contributed by atoms with Crippen LogP contribution in [0.1, 0.15) is 29.3 Å². The minimum absolute atomic E-state index is 0.0541. The molecule has 2 aromatic carbocycles. The molecule has 6 heteroatoms. The highest BCUT2D eigenvalue weighted by atomic mass is 127. The summed E-state index contributed by atoms with van der Waals surface area (Å²) < 4.78 is 6.37. The molecule has 25 heavy (non-hydrogen) atoms. The van der Waals surface area contributed by atoms with Gasteiger partial charge in [-0.2, -0.15) is 0 Å². The first kappa shape index (κ1) is 19.2. The van der Waals surface area contributed by atoms with E-state index in [-0.39, 0.29) is 18.4 Å². The lowest BCUT2D eigenvalue weighted by atomic mass is 10.2. The molecule has 0 bridgehead atoms. The Labute approximate surface area is 161 Å². The molecule has 0 aliphatic carbocycles. The van der Waals surface area contributed by atoms with Gasteiger partial charge in [-0.05, 0) is 58.8 Å². The number of nitrogens with one attached hydrogen (secondary N) is 2. The largest absolute Gasteiger partial charge is 0.494 e. The number of ether oxygens (including phenoxy) is 1. The van der Waals surface area contributed by atoms with Gasteiger partial charge in [-0.3, -0.25) is 9.59 Å². The highest BCUT2D eigenvalue weighted by Gasteiger charge is 2.10. The van der Waals surface area contributed by atoms with Gasteiger partial charge in [-0.1, -0.05) is 31.2 Å². The molecule has 0 aromatic heterocycles. The second-order valence-corrected chi connectivity index (χ2v) is 6.59. The van der Waals surface area contributed by atoms with E-state index in [1.165, 1.54) is 0 Å². The third kappa shape index (κ3) is 6.38. The van der Waals surface area contributed by atoms with E-state index < -0.39 is 0 Å². The normalized spacial score (nSPS) is 10.2. The Hall–Kier alpha value is -2.09. The van der Waals surface area contributed by atoms with E-state index >= 15 is 0 Å². The maximum atomic E-state index is 12.1. The molecule has 5 nitrogen and oxygen atoms in total. The molecule has 2 amide bonds. The Bertz CT molecular complexity index is 717. The van der Waals surface area contributed by atoms with E-state index in [0.29, 0.717) is 18.7 Å². The van der Waals surface area contributed by atoms with E-state index in [4.69, 9.17) is 4.74 Å². The van der Waals surface area contributed by atoms with Gasteiger partial charge in [0, 0.05) is 10.1 Å². The Balaban J connectivity index is 1.75. The fourth-order valence-electron chi connectivity index (χ4n) is 2.09. The predicted molar refractivity (Wildman–Crippen MR) is 106 cm³/mol. The highest BCUT2D eigenvalue weighted by molar-refractivity contribution is 14.1. The van der Waals surface area contributed by atoms with Crippen LogP contribution in [0.4, 0.5) is 0 Å². The molecule has 2 N–H and O–H groups in total. The molecule has 2 aromatic rings. The topological polar surface area (TPSA) is 67.4 Å². The van der Waals surface area contributed by atoms with Crippen molar-refractivity contribution in [1.29, 1.82) is 0 Å². The molecule has 2 rings (SSSR count). The summed E-state index contributed by atoms with van der Waals surface area (Å²) in [4.78, 5) is 24.0. The molecule has 0 saturated carbocycles. The Kier molecular flexibility index (Phi) is 7.72. The molecule has 0 fully saturated rings. The molecule has 0 spiro atoms. The number of amides is 2. The summed E-state index contributed by atoms with van der Waals surface area (Å²) in [5.74, 6) is 0.338. The molecule has 0 aliphatic rings. The van der Waals surface area contributed by atoms with Crippen molar-refractivity contribution in [1.82, 2.24) is 10.6 Å². The molecule has 0 unspecified atom stereocenters. The van der Waals surface area contributed by atoms with Crippen LogP contribution >= 0.6 is 22.6 Å². The summed E-state index contributed by atoms with van der Waals surface area (Å²) in [5.41, 5.74) is 1.54. The van der Waals surface area contributed by atoms with E-state index in [2.05, 4.69) is 40.1 Å². The van der Waals surface area contributed by atoms with Gasteiger partial charge in [0.15, 0.2) is 0 Å². The number of hydrogen-bond donors (Lipinski definition) is 2. The van der Waals surface area contributed by atoms with E-state index in [9.17, 15) is 9.59 Å². The number of benzene rings is 2. The zero-order valence-corrected chi connectivity index (χ0v) is 16.2. The number of hydrogen-bond acceptors (Lipinski definition) is 3. The molecular weight excluding hydrogens is 431 g/mol. The first-order valence-corrected chi connectivity index (χ1v) is 9.19. The minimum Gasteiger partial charge on any atom is -0.494 e. The Morgan fingerprint density at radius 1 is 1.04 bits per heavy atom. The van der Waals surface area contributed by atoms with Crippen LogP contribution in [0.5, 0.6) is 5.75 Å². The van der Waals surface area contributed by atoms with Crippen molar-refractivity contribution in [2.75, 3.05) is 13.2 Å². The lowest BCUT2D eigenvalue weighted by Crippen LogP contribution is -2.36. The van der Waals surface area contributed by atoms with Crippen molar-refractivity contribution in [3.8, 4) is 5.75 Å². The minimum atomic E-state index is -0.252. The highest BCUT2D eigenvalue weighted by Crippen LogP contribution is 2.12. The average Bonchev–Trinajstić information content (AvgIpc) is 2.64. The SMILES string of the molecule is CCCOc1ccc(CNC(=O)CNC(=O)c2ccccc2I)cc1.